The quantitative estimate of drug-likeness (QED) is 0.248. The third-order valence-corrected chi connectivity index (χ3v) is 7.30. The molecule has 1 aromatic heterocycles. The number of hydrogen-bond acceptors (Lipinski definition) is 5. The lowest BCUT2D eigenvalue weighted by molar-refractivity contribution is 0.626. The van der Waals surface area contributed by atoms with Gasteiger partial charge in [0.05, 0.1) is 33.8 Å². The molecule has 0 amide bonds. The maximum absolute atomic E-state index is 14.1. The first-order valence-electron chi connectivity index (χ1n) is 12.7. The summed E-state index contributed by atoms with van der Waals surface area (Å²) in [6, 6.07) is 28.1. The molecule has 0 spiro atoms. The van der Waals surface area contributed by atoms with Crippen LogP contribution in [0.25, 0.3) is 5.69 Å². The Hall–Kier alpha value is -4.82. The highest BCUT2D eigenvalue weighted by molar-refractivity contribution is 6.51. The second-order valence-corrected chi connectivity index (χ2v) is 9.94. The van der Waals surface area contributed by atoms with Crippen molar-refractivity contribution in [1.29, 1.82) is 0 Å². The third-order valence-electron chi connectivity index (χ3n) is 7.01. The van der Waals surface area contributed by atoms with Crippen molar-refractivity contribution in [2.45, 2.75) is 13.0 Å². The predicted octanol–water partition coefficient (Wildman–Crippen LogP) is 7.91. The molecular weight excluding hydrogens is 530 g/mol. The van der Waals surface area contributed by atoms with Crippen molar-refractivity contribution in [3.05, 3.63) is 131 Å². The second-order valence-electron chi connectivity index (χ2n) is 9.53. The monoisotopic (exact) mass is 550 g/mol. The summed E-state index contributed by atoms with van der Waals surface area (Å²) < 4.78 is 29.8. The predicted molar refractivity (Wildman–Crippen MR) is 155 cm³/mol. The minimum Gasteiger partial charge on any atom is -0.337 e. The number of rotatable bonds is 3. The lowest BCUT2D eigenvalue weighted by atomic mass is 9.93. The van der Waals surface area contributed by atoms with Crippen LogP contribution in [0.4, 0.5) is 31.7 Å². The Kier molecular flexibility index (Phi) is 5.71. The van der Waals surface area contributed by atoms with E-state index in [0.29, 0.717) is 23.2 Å². The standard InChI is InChI=1S/C31H21ClF2N6/c1-18-27-28(19-11-13-20(33)14-12-19)39-26-10-6-5-9-25(26)36-29(35-21-15-16-24(34)23(32)17-21)31(39)37-30(27)40(38-18)22-7-3-2-4-8-22/h2-17,28H,1H3,(H,35,36). The van der Waals surface area contributed by atoms with Gasteiger partial charge in [-0.15, -0.1) is 0 Å². The summed E-state index contributed by atoms with van der Waals surface area (Å²) in [5, 5.41) is 8.19. The summed E-state index contributed by atoms with van der Waals surface area (Å²) in [5.74, 6) is 0.815. The average molecular weight is 551 g/mol. The normalized spacial score (nSPS) is 15.5. The molecule has 196 valence electrons. The molecule has 9 heteroatoms. The maximum atomic E-state index is 14.1. The highest BCUT2D eigenvalue weighted by atomic mass is 35.5. The van der Waals surface area contributed by atoms with E-state index in [2.05, 4.69) is 10.2 Å². The Morgan fingerprint density at radius 2 is 1.60 bits per heavy atom. The van der Waals surface area contributed by atoms with E-state index in [-0.39, 0.29) is 16.9 Å². The fourth-order valence-corrected chi connectivity index (χ4v) is 5.40. The highest BCUT2D eigenvalue weighted by Crippen LogP contribution is 2.48. The number of nitrogens with one attached hydrogen (secondary N) is 1. The van der Waals surface area contributed by atoms with Gasteiger partial charge < -0.3 is 10.2 Å². The van der Waals surface area contributed by atoms with Crippen molar-refractivity contribution in [3.63, 3.8) is 0 Å². The first-order chi connectivity index (χ1) is 19.5. The first-order valence-corrected chi connectivity index (χ1v) is 13.0. The molecule has 7 rings (SSSR count). The topological polar surface area (TPSA) is 57.8 Å². The van der Waals surface area contributed by atoms with E-state index >= 15 is 0 Å². The number of amidine groups is 2. The average Bonchev–Trinajstić information content (AvgIpc) is 3.31. The SMILES string of the molecule is Cc1nn(-c2ccccc2)c2c1C(c1ccc(F)cc1)N1C(=N2)C(Nc2ccc(F)c(Cl)c2)=Nc2ccccc21. The molecule has 0 saturated carbocycles. The molecule has 0 fully saturated rings. The first kappa shape index (κ1) is 24.2. The van der Waals surface area contributed by atoms with E-state index in [0.717, 1.165) is 33.9 Å². The Morgan fingerprint density at radius 1 is 0.850 bits per heavy atom. The summed E-state index contributed by atoms with van der Waals surface area (Å²) in [7, 11) is 0. The number of hydrogen-bond donors (Lipinski definition) is 1. The number of aromatic nitrogens is 2. The molecule has 1 N–H and O–H groups in total. The van der Waals surface area contributed by atoms with Crippen molar-refractivity contribution in [2.24, 2.45) is 9.98 Å². The third kappa shape index (κ3) is 3.96. The largest absolute Gasteiger partial charge is 0.337 e. The van der Waals surface area contributed by atoms with E-state index < -0.39 is 5.82 Å². The van der Waals surface area contributed by atoms with E-state index in [1.165, 1.54) is 24.3 Å². The summed E-state index contributed by atoms with van der Waals surface area (Å²) in [6.45, 7) is 1.96. The summed E-state index contributed by atoms with van der Waals surface area (Å²) in [4.78, 5) is 12.1. The van der Waals surface area contributed by atoms with E-state index in [1.807, 2.05) is 66.2 Å². The molecular formula is C31H21ClF2N6. The van der Waals surface area contributed by atoms with Crippen LogP contribution in [-0.4, -0.2) is 21.5 Å². The molecule has 2 aliphatic heterocycles. The van der Waals surface area contributed by atoms with Crippen molar-refractivity contribution >= 4 is 46.2 Å². The summed E-state index contributed by atoms with van der Waals surface area (Å²) in [6.07, 6.45) is 0. The van der Waals surface area contributed by atoms with Gasteiger partial charge in [0.15, 0.2) is 17.5 Å². The molecule has 2 aliphatic rings. The molecule has 5 aromatic rings. The number of nitrogens with zero attached hydrogens (tertiary/aromatic N) is 5. The van der Waals surface area contributed by atoms with Crippen LogP contribution in [0.3, 0.4) is 0 Å². The van der Waals surface area contributed by atoms with E-state index in [4.69, 9.17) is 26.7 Å². The highest BCUT2D eigenvalue weighted by Gasteiger charge is 2.41. The van der Waals surface area contributed by atoms with Crippen LogP contribution in [-0.2, 0) is 0 Å². The molecule has 0 aliphatic carbocycles. The van der Waals surface area contributed by atoms with E-state index in [1.54, 1.807) is 18.2 Å². The molecule has 1 unspecified atom stereocenters. The van der Waals surface area contributed by atoms with Crippen molar-refractivity contribution in [1.82, 2.24) is 9.78 Å². The molecule has 0 saturated heterocycles. The Labute approximate surface area is 233 Å². The van der Waals surface area contributed by atoms with Crippen LogP contribution in [0.15, 0.2) is 107 Å². The molecule has 0 bridgehead atoms. The van der Waals surface area contributed by atoms with Crippen LogP contribution in [0.5, 0.6) is 0 Å². The van der Waals surface area contributed by atoms with Crippen molar-refractivity contribution in [3.8, 4) is 5.69 Å². The number of benzene rings is 4. The fraction of sp³-hybridized carbons (Fsp3) is 0.0645. The molecule has 6 nitrogen and oxygen atoms in total. The van der Waals surface area contributed by atoms with Gasteiger partial charge in [-0.2, -0.15) is 5.10 Å². The van der Waals surface area contributed by atoms with Crippen LogP contribution in [0.1, 0.15) is 22.9 Å². The molecule has 40 heavy (non-hydrogen) atoms. The molecule has 4 aromatic carbocycles. The van der Waals surface area contributed by atoms with Gasteiger partial charge in [0.1, 0.15) is 11.6 Å². The minimum atomic E-state index is -0.511. The number of para-hydroxylation sites is 3. The Bertz CT molecular complexity index is 1830. The van der Waals surface area contributed by atoms with Gasteiger partial charge >= 0.3 is 0 Å². The smallest absolute Gasteiger partial charge is 0.179 e. The van der Waals surface area contributed by atoms with Crippen molar-refractivity contribution in [2.75, 3.05) is 10.2 Å². The van der Waals surface area contributed by atoms with Crippen LogP contribution < -0.4 is 10.2 Å². The zero-order valence-corrected chi connectivity index (χ0v) is 21.9. The lowest BCUT2D eigenvalue weighted by Crippen LogP contribution is -2.46. The van der Waals surface area contributed by atoms with Gasteiger partial charge in [0.2, 0.25) is 0 Å². The second kappa shape index (κ2) is 9.43. The fourth-order valence-electron chi connectivity index (χ4n) is 5.22. The van der Waals surface area contributed by atoms with Gasteiger partial charge in [0, 0.05) is 11.3 Å². The molecule has 1 atom stereocenters. The number of anilines is 2. The van der Waals surface area contributed by atoms with Crippen LogP contribution in [0, 0.1) is 18.6 Å². The number of halogens is 3. The maximum Gasteiger partial charge on any atom is 0.179 e. The van der Waals surface area contributed by atoms with Gasteiger partial charge in [-0.25, -0.2) is 23.4 Å². The number of fused-ring (bicyclic) bond motifs is 4. The minimum absolute atomic E-state index is 0.00602. The molecule has 0 radical (unpaired) electrons. The van der Waals surface area contributed by atoms with Gasteiger partial charge in [-0.05, 0) is 67.1 Å². The zero-order valence-electron chi connectivity index (χ0n) is 21.2. The number of aryl methyl sites for hydroxylation is 1. The summed E-state index contributed by atoms with van der Waals surface area (Å²) >= 11 is 6.09. The van der Waals surface area contributed by atoms with Crippen LogP contribution >= 0.6 is 11.6 Å². The Morgan fingerprint density at radius 3 is 2.38 bits per heavy atom. The Balaban J connectivity index is 1.49. The van der Waals surface area contributed by atoms with Crippen molar-refractivity contribution < 1.29 is 8.78 Å². The molecule has 3 heterocycles. The summed E-state index contributed by atoms with van der Waals surface area (Å²) in [5.41, 5.74) is 5.55. The van der Waals surface area contributed by atoms with Crippen LogP contribution in [0.2, 0.25) is 5.02 Å². The number of aliphatic imine (C=N–C) groups is 2. The van der Waals surface area contributed by atoms with Gasteiger partial charge in [0.25, 0.3) is 0 Å². The van der Waals surface area contributed by atoms with Gasteiger partial charge in [-0.3, -0.25) is 0 Å². The zero-order chi connectivity index (χ0) is 27.4. The lowest BCUT2D eigenvalue weighted by Gasteiger charge is -2.40. The van der Waals surface area contributed by atoms with E-state index in [9.17, 15) is 8.78 Å². The van der Waals surface area contributed by atoms with Gasteiger partial charge in [-0.1, -0.05) is 54.1 Å².